The lowest BCUT2D eigenvalue weighted by Crippen LogP contribution is -2.49. The summed E-state index contributed by atoms with van der Waals surface area (Å²) in [7, 11) is 0. The molecule has 0 bridgehead atoms. The number of hydrogen-bond acceptors (Lipinski definition) is 3. The Hall–Kier alpha value is -1.48. The van der Waals surface area contributed by atoms with Gasteiger partial charge in [0.2, 0.25) is 0 Å². The van der Waals surface area contributed by atoms with Gasteiger partial charge in [0.25, 0.3) is 0 Å². The Balaban J connectivity index is 1.53. The summed E-state index contributed by atoms with van der Waals surface area (Å²) in [5.41, 5.74) is 4.18. The molecule has 0 spiro atoms. The maximum atomic E-state index is 14.4. The molecule has 206 valence electrons. The van der Waals surface area contributed by atoms with Crippen LogP contribution in [0.1, 0.15) is 128 Å². The Morgan fingerprint density at radius 2 is 1.76 bits per heavy atom. The van der Waals surface area contributed by atoms with Gasteiger partial charge in [0.15, 0.2) is 0 Å². The normalized spacial score (nSPS) is 32.7. The number of benzene rings is 1. The lowest BCUT2D eigenvalue weighted by molar-refractivity contribution is -0.146. The SMILES string of the molecule is CCCC1(CCCC2CCC(O)CC2)CCC(=O)C(C)C1C(=O)C1CCc2ccc(C(C)(C)C)cc2C1. The predicted molar refractivity (Wildman–Crippen MR) is 152 cm³/mol. The lowest BCUT2D eigenvalue weighted by atomic mass is 9.54. The average Bonchev–Trinajstić information content (AvgIpc) is 2.86. The second kappa shape index (κ2) is 11.7. The highest BCUT2D eigenvalue weighted by atomic mass is 16.3. The fraction of sp³-hybridized carbons (Fsp3) is 0.765. The highest BCUT2D eigenvalue weighted by Crippen LogP contribution is 2.52. The molecular weight excluding hydrogens is 456 g/mol. The molecule has 1 aromatic rings. The van der Waals surface area contributed by atoms with Crippen LogP contribution in [0.5, 0.6) is 0 Å². The molecule has 4 rings (SSSR count). The Kier molecular flexibility index (Phi) is 9.04. The summed E-state index contributed by atoms with van der Waals surface area (Å²) in [6, 6.07) is 6.90. The van der Waals surface area contributed by atoms with Crippen molar-refractivity contribution in [1.29, 1.82) is 0 Å². The van der Waals surface area contributed by atoms with Gasteiger partial charge in [0.05, 0.1) is 6.10 Å². The average molecular weight is 509 g/mol. The fourth-order valence-electron chi connectivity index (χ4n) is 8.10. The third-order valence-electron chi connectivity index (χ3n) is 10.4. The van der Waals surface area contributed by atoms with Gasteiger partial charge in [-0.25, -0.2) is 0 Å². The smallest absolute Gasteiger partial charge is 0.140 e. The first-order chi connectivity index (χ1) is 17.5. The van der Waals surface area contributed by atoms with Gasteiger partial charge >= 0.3 is 0 Å². The summed E-state index contributed by atoms with van der Waals surface area (Å²) in [4.78, 5) is 27.4. The first kappa shape index (κ1) is 28.5. The van der Waals surface area contributed by atoms with Gasteiger partial charge in [-0.3, -0.25) is 9.59 Å². The molecule has 0 heterocycles. The highest BCUT2D eigenvalue weighted by Gasteiger charge is 2.51. The van der Waals surface area contributed by atoms with Crippen LogP contribution in [0, 0.1) is 29.1 Å². The topological polar surface area (TPSA) is 54.4 Å². The zero-order valence-electron chi connectivity index (χ0n) is 24.3. The fourth-order valence-corrected chi connectivity index (χ4v) is 8.10. The van der Waals surface area contributed by atoms with Crippen LogP contribution in [0.4, 0.5) is 0 Å². The van der Waals surface area contributed by atoms with Crippen LogP contribution in [0.2, 0.25) is 0 Å². The van der Waals surface area contributed by atoms with E-state index in [4.69, 9.17) is 0 Å². The molecule has 3 heteroatoms. The number of aryl methyl sites for hydroxylation is 1. The third-order valence-corrected chi connectivity index (χ3v) is 10.4. The van der Waals surface area contributed by atoms with E-state index in [1.165, 1.54) is 23.1 Å². The molecule has 0 saturated heterocycles. The minimum atomic E-state index is -0.153. The number of hydrogen-bond donors (Lipinski definition) is 1. The molecule has 3 aliphatic rings. The molecule has 0 aromatic heterocycles. The van der Waals surface area contributed by atoms with Gasteiger partial charge < -0.3 is 5.11 Å². The van der Waals surface area contributed by atoms with Crippen LogP contribution in [-0.4, -0.2) is 22.8 Å². The molecule has 2 fully saturated rings. The van der Waals surface area contributed by atoms with E-state index in [9.17, 15) is 14.7 Å². The minimum absolute atomic E-state index is 0.0269. The monoisotopic (exact) mass is 508 g/mol. The first-order valence-electron chi connectivity index (χ1n) is 15.4. The number of aliphatic hydroxyl groups excluding tert-OH is 1. The standard InChI is InChI=1S/C34H52O3/c1-6-18-34(19-7-8-24-9-15-29(35)16-10-24)20-17-30(36)23(2)31(34)32(37)26-12-11-25-13-14-28(33(3,4)5)22-27(25)21-26/h13-14,22-24,26,29,31,35H,6-12,15-21H2,1-5H3. The number of fused-ring (bicyclic) bond motifs is 1. The molecule has 0 radical (unpaired) electrons. The molecule has 1 aromatic carbocycles. The molecule has 0 aliphatic heterocycles. The van der Waals surface area contributed by atoms with E-state index in [0.29, 0.717) is 23.9 Å². The van der Waals surface area contributed by atoms with Gasteiger partial charge in [0, 0.05) is 24.2 Å². The second-order valence-corrected chi connectivity index (χ2v) is 14.0. The van der Waals surface area contributed by atoms with E-state index < -0.39 is 0 Å². The Labute approximate surface area is 226 Å². The van der Waals surface area contributed by atoms with Crippen LogP contribution >= 0.6 is 0 Å². The molecule has 4 unspecified atom stereocenters. The van der Waals surface area contributed by atoms with Gasteiger partial charge in [-0.1, -0.05) is 72.1 Å². The summed E-state index contributed by atoms with van der Waals surface area (Å²) in [5.74, 6) is 1.17. The van der Waals surface area contributed by atoms with Gasteiger partial charge in [-0.15, -0.1) is 0 Å². The van der Waals surface area contributed by atoms with Crippen molar-refractivity contribution in [2.75, 3.05) is 0 Å². The zero-order valence-corrected chi connectivity index (χ0v) is 24.3. The van der Waals surface area contributed by atoms with Crippen LogP contribution in [0.3, 0.4) is 0 Å². The van der Waals surface area contributed by atoms with Gasteiger partial charge in [-0.2, -0.15) is 0 Å². The van der Waals surface area contributed by atoms with Crippen molar-refractivity contribution >= 4 is 11.6 Å². The van der Waals surface area contributed by atoms with E-state index >= 15 is 0 Å². The van der Waals surface area contributed by atoms with E-state index in [2.05, 4.69) is 52.8 Å². The molecule has 0 amide bonds. The third kappa shape index (κ3) is 6.40. The second-order valence-electron chi connectivity index (χ2n) is 14.0. The predicted octanol–water partition coefficient (Wildman–Crippen LogP) is 7.78. The van der Waals surface area contributed by atoms with Crippen molar-refractivity contribution in [1.82, 2.24) is 0 Å². The van der Waals surface area contributed by atoms with Crippen LogP contribution in [0.25, 0.3) is 0 Å². The molecule has 2 saturated carbocycles. The van der Waals surface area contributed by atoms with E-state index in [1.807, 2.05) is 0 Å². The largest absolute Gasteiger partial charge is 0.393 e. The Bertz CT molecular complexity index is 948. The maximum Gasteiger partial charge on any atom is 0.140 e. The summed E-state index contributed by atoms with van der Waals surface area (Å²) < 4.78 is 0. The van der Waals surface area contributed by atoms with Crippen molar-refractivity contribution in [3.8, 4) is 0 Å². The minimum Gasteiger partial charge on any atom is -0.393 e. The molecule has 4 atom stereocenters. The molecular formula is C34H52O3. The van der Waals surface area contributed by atoms with Gasteiger partial charge in [0.1, 0.15) is 11.6 Å². The summed E-state index contributed by atoms with van der Waals surface area (Å²) in [6.07, 6.45) is 13.9. The quantitative estimate of drug-likeness (QED) is 0.390. The van der Waals surface area contributed by atoms with Crippen molar-refractivity contribution in [3.05, 3.63) is 34.9 Å². The molecule has 1 N–H and O–H groups in total. The highest BCUT2D eigenvalue weighted by molar-refractivity contribution is 5.93. The number of rotatable bonds is 8. The van der Waals surface area contributed by atoms with Crippen LogP contribution in [-0.2, 0) is 27.8 Å². The van der Waals surface area contributed by atoms with E-state index in [0.717, 1.165) is 77.0 Å². The Morgan fingerprint density at radius 1 is 1.03 bits per heavy atom. The number of carbonyl (C=O) groups is 2. The molecule has 37 heavy (non-hydrogen) atoms. The van der Waals surface area contributed by atoms with Crippen LogP contribution in [0.15, 0.2) is 18.2 Å². The van der Waals surface area contributed by atoms with E-state index in [-0.39, 0.29) is 34.7 Å². The molecule has 3 aliphatic carbocycles. The lowest BCUT2D eigenvalue weighted by Gasteiger charge is -2.48. The number of ketones is 2. The number of carbonyl (C=O) groups excluding carboxylic acids is 2. The zero-order chi connectivity index (χ0) is 26.8. The molecule has 3 nitrogen and oxygen atoms in total. The Morgan fingerprint density at radius 3 is 2.43 bits per heavy atom. The number of Topliss-reactive ketones (excluding diaryl/α,β-unsaturated/α-hetero) is 2. The summed E-state index contributed by atoms with van der Waals surface area (Å²) in [6.45, 7) is 11.1. The van der Waals surface area contributed by atoms with Crippen molar-refractivity contribution in [3.63, 3.8) is 0 Å². The van der Waals surface area contributed by atoms with Crippen LogP contribution < -0.4 is 0 Å². The summed E-state index contributed by atoms with van der Waals surface area (Å²) >= 11 is 0. The summed E-state index contributed by atoms with van der Waals surface area (Å²) in [5, 5.41) is 9.89. The van der Waals surface area contributed by atoms with Gasteiger partial charge in [-0.05, 0) is 97.6 Å². The van der Waals surface area contributed by atoms with Crippen molar-refractivity contribution < 1.29 is 14.7 Å². The first-order valence-corrected chi connectivity index (χ1v) is 15.4. The van der Waals surface area contributed by atoms with E-state index in [1.54, 1.807) is 0 Å². The number of aliphatic hydroxyl groups is 1. The van der Waals surface area contributed by atoms with Crippen molar-refractivity contribution in [2.24, 2.45) is 29.1 Å². The maximum absolute atomic E-state index is 14.4. The van der Waals surface area contributed by atoms with Crippen molar-refractivity contribution in [2.45, 2.75) is 136 Å².